The average molecular weight is 1030 g/mol. The normalized spacial score (nSPS) is 16.4. The van der Waals surface area contributed by atoms with Crippen LogP contribution in [0.3, 0.4) is 0 Å². The number of aliphatic carboxylic acids is 1. The van der Waals surface area contributed by atoms with E-state index in [1.54, 1.807) is 7.11 Å². The third kappa shape index (κ3) is 15.3. The summed E-state index contributed by atoms with van der Waals surface area (Å²) in [6.07, 6.45) is 8.27. The van der Waals surface area contributed by atoms with Crippen LogP contribution < -0.4 is 22.5 Å². The number of anilines is 2. The molecule has 8 N–H and O–H groups in total. The highest BCUT2D eigenvalue weighted by Gasteiger charge is 2.37. The van der Waals surface area contributed by atoms with Crippen LogP contribution in [0.2, 0.25) is 0 Å². The predicted octanol–water partition coefficient (Wildman–Crippen LogP) is 11.8. The predicted molar refractivity (Wildman–Crippen MR) is 285 cm³/mol. The van der Waals surface area contributed by atoms with Crippen molar-refractivity contribution in [3.63, 3.8) is 0 Å². The van der Waals surface area contributed by atoms with E-state index in [1.165, 1.54) is 20.0 Å². The minimum absolute atomic E-state index is 0.0425. The van der Waals surface area contributed by atoms with Crippen LogP contribution in [0.5, 0.6) is 0 Å². The Morgan fingerprint density at radius 1 is 0.694 bits per heavy atom. The van der Waals surface area contributed by atoms with E-state index in [9.17, 15) is 27.2 Å². The Bertz CT molecular complexity index is 2800. The summed E-state index contributed by atoms with van der Waals surface area (Å²) in [7, 11) is 3.02. The lowest BCUT2D eigenvalue weighted by molar-refractivity contribution is -0.138. The number of carbonyl (C=O) groups is 2. The zero-order valence-corrected chi connectivity index (χ0v) is 42.3. The van der Waals surface area contributed by atoms with Crippen LogP contribution in [0.15, 0.2) is 97.3 Å². The molecule has 6 aromatic rings. The number of methoxy groups -OCH3 is 2. The molecule has 0 atom stereocenters. The average Bonchev–Trinajstić information content (AvgIpc) is 4.15. The lowest BCUT2D eigenvalue weighted by Crippen LogP contribution is -2.26. The first kappa shape index (κ1) is 55.4. The number of nitrogens with zero attached hydrogens (tertiary/aromatic N) is 2. The number of hydrogen-bond donors (Lipinski definition) is 5. The van der Waals surface area contributed by atoms with E-state index in [4.69, 9.17) is 56.2 Å². The maximum atomic E-state index is 13.8. The molecule has 3 fully saturated rings. The Hall–Kier alpha value is -5.92. The summed E-state index contributed by atoms with van der Waals surface area (Å²) in [6.45, 7) is 2.64. The second-order valence-electron chi connectivity index (χ2n) is 18.2. The number of hydrogen-bond acceptors (Lipinski definition) is 8. The van der Waals surface area contributed by atoms with Crippen LogP contribution >= 0.6 is 24.4 Å². The number of nitrogens with one attached hydrogen (secondary N) is 1. The zero-order valence-electron chi connectivity index (χ0n) is 40.6. The summed E-state index contributed by atoms with van der Waals surface area (Å²) in [4.78, 5) is 22.5. The number of alkyl halides is 4. The number of nitrogens with two attached hydrogens (primary N) is 3. The molecule has 386 valence electrons. The number of nitrogen functional groups attached to an aromatic ring is 1. The van der Waals surface area contributed by atoms with Crippen molar-refractivity contribution in [2.24, 2.45) is 11.5 Å². The smallest absolute Gasteiger partial charge is 0.305 e. The molecule has 2 aliphatic carbocycles. The maximum absolute atomic E-state index is 13.8. The van der Waals surface area contributed by atoms with E-state index in [1.807, 2.05) is 91.1 Å². The number of halogens is 4. The lowest BCUT2D eigenvalue weighted by atomic mass is 9.92. The molecule has 12 nitrogen and oxygen atoms in total. The second-order valence-corrected chi connectivity index (χ2v) is 19.1. The van der Waals surface area contributed by atoms with Crippen molar-refractivity contribution in [2.75, 3.05) is 51.7 Å². The third-order valence-electron chi connectivity index (χ3n) is 12.9. The fourth-order valence-electron chi connectivity index (χ4n) is 9.07. The highest BCUT2D eigenvalue weighted by Crippen LogP contribution is 2.44. The van der Waals surface area contributed by atoms with Gasteiger partial charge in [-0.05, 0) is 86.1 Å². The summed E-state index contributed by atoms with van der Waals surface area (Å²) in [5.74, 6) is -6.11. The molecule has 1 aliphatic heterocycles. The molecule has 1 saturated heterocycles. The van der Waals surface area contributed by atoms with E-state index in [2.05, 4.69) is 25.4 Å². The monoisotopic (exact) mass is 1030 g/mol. The number of rotatable bonds is 13. The number of carbonyl (C=O) groups excluding carboxylic acids is 1. The Balaban J connectivity index is 0.000000193. The Labute approximate surface area is 428 Å². The second kappa shape index (κ2) is 25.6. The molecule has 18 heteroatoms. The van der Waals surface area contributed by atoms with Crippen LogP contribution in [-0.2, 0) is 23.8 Å². The molecule has 0 spiro atoms. The molecular formula is C54H64F4N6O6S2. The van der Waals surface area contributed by atoms with Crippen molar-refractivity contribution < 1.29 is 46.5 Å². The largest absolute Gasteiger partial charge is 0.481 e. The number of thiocarbonyl (C=S) groups is 2. The number of benzene rings is 4. The molecule has 4 aromatic carbocycles. The quantitative estimate of drug-likeness (QED) is 0.0422. The van der Waals surface area contributed by atoms with Crippen molar-refractivity contribution in [2.45, 2.75) is 101 Å². The summed E-state index contributed by atoms with van der Waals surface area (Å²) in [5.41, 5.74) is 26.3. The van der Waals surface area contributed by atoms with Crippen molar-refractivity contribution in [1.82, 2.24) is 9.13 Å². The van der Waals surface area contributed by atoms with E-state index < -0.39 is 17.8 Å². The number of fused-ring (bicyclic) bond motifs is 2. The van der Waals surface area contributed by atoms with E-state index >= 15 is 0 Å². The van der Waals surface area contributed by atoms with Gasteiger partial charge in [-0.25, -0.2) is 17.6 Å². The molecule has 3 heterocycles. The topological polar surface area (TPSA) is 182 Å². The third-order valence-corrected chi connectivity index (χ3v) is 13.4. The lowest BCUT2D eigenvalue weighted by Gasteiger charge is -2.29. The molecule has 0 unspecified atom stereocenters. The van der Waals surface area contributed by atoms with Gasteiger partial charge in [0.1, 0.15) is 9.98 Å². The van der Waals surface area contributed by atoms with E-state index in [-0.39, 0.29) is 56.5 Å². The fourth-order valence-corrected chi connectivity index (χ4v) is 9.32. The van der Waals surface area contributed by atoms with Crippen LogP contribution in [-0.4, -0.2) is 88.6 Å². The Morgan fingerprint density at radius 2 is 1.15 bits per heavy atom. The van der Waals surface area contributed by atoms with Crippen molar-refractivity contribution >= 4 is 79.5 Å². The highest BCUT2D eigenvalue weighted by molar-refractivity contribution is 7.80. The van der Waals surface area contributed by atoms with Gasteiger partial charge < -0.3 is 51.0 Å². The molecule has 0 bridgehead atoms. The first-order chi connectivity index (χ1) is 34.4. The Kier molecular flexibility index (Phi) is 19.7. The minimum Gasteiger partial charge on any atom is -0.481 e. The van der Waals surface area contributed by atoms with Crippen LogP contribution in [0, 0.1) is 0 Å². The van der Waals surface area contributed by atoms with Gasteiger partial charge in [0.15, 0.2) is 0 Å². The van der Waals surface area contributed by atoms with Crippen molar-refractivity contribution in [3.8, 4) is 22.3 Å². The first-order valence-electron chi connectivity index (χ1n) is 24.1. The summed E-state index contributed by atoms with van der Waals surface area (Å²) < 4.78 is 73.4. The molecule has 2 aromatic heterocycles. The number of carboxylic acid groups (broad SMARTS) is 1. The molecule has 9 rings (SSSR count). The van der Waals surface area contributed by atoms with Crippen LogP contribution in [0.25, 0.3) is 44.1 Å². The maximum Gasteiger partial charge on any atom is 0.305 e. The molecule has 72 heavy (non-hydrogen) atoms. The minimum atomic E-state index is -2.60. The van der Waals surface area contributed by atoms with Crippen molar-refractivity contribution in [3.05, 3.63) is 108 Å². The van der Waals surface area contributed by atoms with Gasteiger partial charge in [0.2, 0.25) is 17.8 Å². The molecule has 3 aliphatic rings. The molecule has 2 saturated carbocycles. The van der Waals surface area contributed by atoms with Gasteiger partial charge >= 0.3 is 5.97 Å². The molecule has 1 amide bonds. The molecular weight excluding hydrogens is 969 g/mol. The van der Waals surface area contributed by atoms with Gasteiger partial charge in [-0.3, -0.25) is 9.59 Å². The van der Waals surface area contributed by atoms with Crippen LogP contribution in [0.4, 0.5) is 28.9 Å². The fraction of sp³-hybridized carbons (Fsp3) is 0.407. The van der Waals surface area contributed by atoms with Gasteiger partial charge in [-0.1, -0.05) is 73.0 Å². The highest BCUT2D eigenvalue weighted by atomic mass is 32.1. The van der Waals surface area contributed by atoms with Gasteiger partial charge in [0, 0.05) is 122 Å². The summed E-state index contributed by atoms with van der Waals surface area (Å²) >= 11 is 10.2. The Morgan fingerprint density at radius 3 is 1.57 bits per heavy atom. The number of amides is 1. The molecule has 0 radical (unpaired) electrons. The van der Waals surface area contributed by atoms with Crippen LogP contribution in [0.1, 0.15) is 100 Å². The number of aromatic nitrogens is 2. The summed E-state index contributed by atoms with van der Waals surface area (Å²) in [6, 6.07) is 27.0. The first-order valence-corrected chi connectivity index (χ1v) is 24.9. The van der Waals surface area contributed by atoms with Crippen molar-refractivity contribution in [1.29, 1.82) is 0 Å². The van der Waals surface area contributed by atoms with Gasteiger partial charge in [-0.15, -0.1) is 0 Å². The van der Waals surface area contributed by atoms with E-state index in [0.29, 0.717) is 60.2 Å². The SMILES string of the molecule is C1CCOC1.COCCC(=O)Nc1ccc2c(-c3cccc(C(N)=S)c3)cn(C3CCC(F)(F)CC3)c2c1.COCCC(=O)O.NC(=S)c1cccc(-c2cn(C3CCC(F)(F)CC3)c3cc(N)ccc23)c1. The summed E-state index contributed by atoms with van der Waals surface area (Å²) in [5, 5.41) is 12.9. The number of ether oxygens (including phenoxy) is 3. The van der Waals surface area contributed by atoms with Gasteiger partial charge in [0.25, 0.3) is 0 Å². The van der Waals surface area contributed by atoms with Gasteiger partial charge in [-0.2, -0.15) is 0 Å². The van der Waals surface area contributed by atoms with Gasteiger partial charge in [0.05, 0.1) is 37.1 Å². The standard InChI is InChI=1S/C25H27F2N3O2S.C21H21F2N3S.C4H8O3.C4H8O/c1-32-12-9-23(31)29-18-5-6-20-21(16-3-2-4-17(13-16)24(28)33)15-30(22(20)14-18)19-7-10-25(26,27)11-8-19;22-21(23)8-6-16(7-9-21)26-12-18(17-5-4-15(24)11-19(17)26)13-2-1-3-14(10-13)20(25)27;1-7-3-2-4(5)6;1-2-4-5-3-1/h2-6,13-15,19H,7-12H2,1H3,(H2,28,33)(H,29,31);1-5,10-12,16H,6-9,24H2,(H2,25,27);2-3H2,1H3,(H,5,6);1-4H2. The van der Waals surface area contributed by atoms with E-state index in [0.717, 1.165) is 68.4 Å². The zero-order chi connectivity index (χ0) is 52.0. The number of carboxylic acids is 1.